The molecule has 8 atom stereocenters. The second-order valence-corrected chi connectivity index (χ2v) is 13.6. The van der Waals surface area contributed by atoms with E-state index < -0.39 is 5.97 Å². The van der Waals surface area contributed by atoms with E-state index in [0.29, 0.717) is 40.1 Å². The molecule has 4 aliphatic rings. The standard InChI is InChI=1S/C30H48O3/c1-19(9-8-10-20(2)26(32)33)21-13-17-30(7)23-11-12-24-27(3,4)25(31)15-16-28(24,5)22(23)14-18-29(21,30)6/h10-11,19,21-22,24-25,31H,8-9,12-18H2,1-7H3,(H,32,33)/b20-10+/t19-,21-,22-,24+,25+,28+,29-,30+/m0/s1. The van der Waals surface area contributed by atoms with Crippen LogP contribution in [0.3, 0.4) is 0 Å². The molecule has 0 heterocycles. The maximum absolute atomic E-state index is 11.1. The smallest absolute Gasteiger partial charge is 0.330 e. The normalized spacial score (nSPS) is 45.5. The molecule has 3 fully saturated rings. The minimum Gasteiger partial charge on any atom is -0.478 e. The number of carboxylic acid groups (broad SMARTS) is 1. The van der Waals surface area contributed by atoms with E-state index in [1.54, 1.807) is 12.5 Å². The van der Waals surface area contributed by atoms with E-state index in [1.165, 1.54) is 25.7 Å². The molecule has 0 bridgehead atoms. The lowest BCUT2D eigenvalue weighted by molar-refractivity contribution is -0.132. The van der Waals surface area contributed by atoms with Gasteiger partial charge in [-0.2, -0.15) is 0 Å². The fraction of sp³-hybridized carbons (Fsp3) is 0.833. The summed E-state index contributed by atoms with van der Waals surface area (Å²) in [4.78, 5) is 11.1. The highest BCUT2D eigenvalue weighted by Crippen LogP contribution is 2.73. The monoisotopic (exact) mass is 456 g/mol. The van der Waals surface area contributed by atoms with Crippen LogP contribution in [0, 0.1) is 45.3 Å². The molecule has 4 aliphatic carbocycles. The highest BCUT2D eigenvalue weighted by Gasteiger charge is 2.65. The maximum atomic E-state index is 11.1. The quantitative estimate of drug-likeness (QED) is 0.335. The van der Waals surface area contributed by atoms with Crippen LogP contribution >= 0.6 is 0 Å². The third kappa shape index (κ3) is 3.58. The lowest BCUT2D eigenvalue weighted by Crippen LogP contribution is -2.58. The van der Waals surface area contributed by atoms with Crippen LogP contribution in [0.15, 0.2) is 23.3 Å². The number of aliphatic hydroxyl groups is 1. The van der Waals surface area contributed by atoms with E-state index >= 15 is 0 Å². The topological polar surface area (TPSA) is 57.5 Å². The number of fused-ring (bicyclic) bond motifs is 5. The van der Waals surface area contributed by atoms with Gasteiger partial charge in [0.15, 0.2) is 0 Å². The fourth-order valence-electron chi connectivity index (χ4n) is 9.50. The average Bonchev–Trinajstić information content (AvgIpc) is 3.02. The van der Waals surface area contributed by atoms with Crippen LogP contribution in [0.25, 0.3) is 0 Å². The van der Waals surface area contributed by atoms with Crippen molar-refractivity contribution in [1.82, 2.24) is 0 Å². The third-order valence-electron chi connectivity index (χ3n) is 12.0. The van der Waals surface area contributed by atoms with Gasteiger partial charge in [-0.25, -0.2) is 4.79 Å². The van der Waals surface area contributed by atoms with E-state index in [2.05, 4.69) is 47.6 Å². The van der Waals surface area contributed by atoms with Crippen LogP contribution in [-0.4, -0.2) is 22.3 Å². The number of allylic oxidation sites excluding steroid dienone is 3. The largest absolute Gasteiger partial charge is 0.478 e. The Kier molecular flexibility index (Phi) is 6.25. The summed E-state index contributed by atoms with van der Waals surface area (Å²) in [7, 11) is 0. The molecule has 4 rings (SSSR count). The number of carbonyl (C=O) groups is 1. The van der Waals surface area contributed by atoms with Gasteiger partial charge in [-0.15, -0.1) is 0 Å². The fourth-order valence-corrected chi connectivity index (χ4v) is 9.50. The van der Waals surface area contributed by atoms with Gasteiger partial charge in [-0.3, -0.25) is 0 Å². The molecule has 0 aromatic rings. The first-order chi connectivity index (χ1) is 15.3. The van der Waals surface area contributed by atoms with Gasteiger partial charge in [0.2, 0.25) is 0 Å². The zero-order valence-corrected chi connectivity index (χ0v) is 22.2. The lowest BCUT2D eigenvalue weighted by atomic mass is 9.41. The Morgan fingerprint density at radius 3 is 2.48 bits per heavy atom. The number of hydrogen-bond donors (Lipinski definition) is 2. The van der Waals surface area contributed by atoms with Crippen LogP contribution < -0.4 is 0 Å². The summed E-state index contributed by atoms with van der Waals surface area (Å²) in [6.07, 6.45) is 14.7. The Hall–Kier alpha value is -1.09. The second-order valence-electron chi connectivity index (χ2n) is 13.6. The van der Waals surface area contributed by atoms with Crippen LogP contribution in [-0.2, 0) is 4.79 Å². The zero-order chi connectivity index (χ0) is 24.4. The summed E-state index contributed by atoms with van der Waals surface area (Å²) in [6, 6.07) is 0. The van der Waals surface area contributed by atoms with Gasteiger partial charge >= 0.3 is 5.97 Å². The number of rotatable bonds is 5. The second kappa shape index (κ2) is 8.25. The zero-order valence-electron chi connectivity index (χ0n) is 22.2. The Balaban J connectivity index is 1.58. The summed E-state index contributed by atoms with van der Waals surface area (Å²) < 4.78 is 0. The van der Waals surface area contributed by atoms with Crippen molar-refractivity contribution < 1.29 is 15.0 Å². The van der Waals surface area contributed by atoms with E-state index in [0.717, 1.165) is 32.1 Å². The Labute approximate surface area is 202 Å². The molecule has 0 aliphatic heterocycles. The van der Waals surface area contributed by atoms with Gasteiger partial charge in [0.25, 0.3) is 0 Å². The summed E-state index contributed by atoms with van der Waals surface area (Å²) in [5, 5.41) is 20.0. The molecular formula is C30H48O3. The number of aliphatic carboxylic acids is 1. The molecule has 0 amide bonds. The summed E-state index contributed by atoms with van der Waals surface area (Å²) in [5.74, 6) is 1.75. The van der Waals surface area contributed by atoms with Crippen LogP contribution in [0.2, 0.25) is 0 Å². The van der Waals surface area contributed by atoms with E-state index in [1.807, 2.05) is 6.08 Å². The first-order valence-electron chi connectivity index (χ1n) is 13.6. The summed E-state index contributed by atoms with van der Waals surface area (Å²) >= 11 is 0. The molecular weight excluding hydrogens is 408 g/mol. The van der Waals surface area contributed by atoms with Crippen molar-refractivity contribution in [2.45, 2.75) is 112 Å². The molecule has 186 valence electrons. The Morgan fingerprint density at radius 2 is 1.82 bits per heavy atom. The Bertz CT molecular complexity index is 853. The molecule has 0 unspecified atom stereocenters. The van der Waals surface area contributed by atoms with Gasteiger partial charge in [-0.05, 0) is 110 Å². The first kappa shape index (κ1) is 25.0. The number of hydrogen-bond acceptors (Lipinski definition) is 2. The molecule has 33 heavy (non-hydrogen) atoms. The van der Waals surface area contributed by atoms with Crippen LogP contribution in [0.4, 0.5) is 0 Å². The molecule has 0 aromatic heterocycles. The van der Waals surface area contributed by atoms with Gasteiger partial charge in [0, 0.05) is 5.57 Å². The number of carboxylic acids is 1. The molecule has 3 saturated carbocycles. The average molecular weight is 457 g/mol. The van der Waals surface area contributed by atoms with Gasteiger partial charge in [-0.1, -0.05) is 59.3 Å². The van der Waals surface area contributed by atoms with E-state index in [9.17, 15) is 9.90 Å². The molecule has 3 heteroatoms. The molecule has 3 nitrogen and oxygen atoms in total. The third-order valence-corrected chi connectivity index (χ3v) is 12.0. The van der Waals surface area contributed by atoms with Gasteiger partial charge in [0.1, 0.15) is 0 Å². The van der Waals surface area contributed by atoms with Gasteiger partial charge < -0.3 is 10.2 Å². The van der Waals surface area contributed by atoms with Crippen LogP contribution in [0.1, 0.15) is 106 Å². The molecule has 0 saturated heterocycles. The lowest BCUT2D eigenvalue weighted by Gasteiger charge is -2.64. The van der Waals surface area contributed by atoms with Crippen molar-refractivity contribution in [3.8, 4) is 0 Å². The molecule has 2 N–H and O–H groups in total. The predicted octanol–water partition coefficient (Wildman–Crippen LogP) is 7.40. The van der Waals surface area contributed by atoms with E-state index in [4.69, 9.17) is 5.11 Å². The first-order valence-corrected chi connectivity index (χ1v) is 13.6. The van der Waals surface area contributed by atoms with Crippen molar-refractivity contribution >= 4 is 5.97 Å². The molecule has 0 radical (unpaired) electrons. The van der Waals surface area contributed by atoms with Crippen molar-refractivity contribution in [2.24, 2.45) is 45.3 Å². The summed E-state index contributed by atoms with van der Waals surface area (Å²) in [6.45, 7) is 16.5. The van der Waals surface area contributed by atoms with Crippen molar-refractivity contribution in [2.75, 3.05) is 0 Å². The van der Waals surface area contributed by atoms with Crippen LogP contribution in [0.5, 0.6) is 0 Å². The highest BCUT2D eigenvalue weighted by atomic mass is 16.4. The maximum Gasteiger partial charge on any atom is 0.330 e. The van der Waals surface area contributed by atoms with Crippen molar-refractivity contribution in [3.05, 3.63) is 23.3 Å². The minimum atomic E-state index is -0.796. The predicted molar refractivity (Wildman–Crippen MR) is 135 cm³/mol. The summed E-state index contributed by atoms with van der Waals surface area (Å²) in [5.41, 5.74) is 3.13. The SMILES string of the molecule is C/C(=C\CC[C@H](C)[C@@H]1CC[C@]2(C)C3=CC[C@@H]4C(C)(C)[C@H](O)CC[C@]4(C)[C@H]3CC[C@@]12C)C(=O)O. The highest BCUT2D eigenvalue weighted by molar-refractivity contribution is 5.85. The Morgan fingerprint density at radius 1 is 1.12 bits per heavy atom. The van der Waals surface area contributed by atoms with Crippen molar-refractivity contribution in [1.29, 1.82) is 0 Å². The molecule has 0 spiro atoms. The van der Waals surface area contributed by atoms with Crippen molar-refractivity contribution in [3.63, 3.8) is 0 Å². The minimum absolute atomic E-state index is 0.00892. The molecule has 0 aromatic carbocycles. The number of aliphatic hydroxyl groups excluding tert-OH is 1. The van der Waals surface area contributed by atoms with Gasteiger partial charge in [0.05, 0.1) is 6.10 Å². The van der Waals surface area contributed by atoms with E-state index in [-0.39, 0.29) is 16.9 Å².